The van der Waals surface area contributed by atoms with Gasteiger partial charge in [-0.3, -0.25) is 14.7 Å². The molecule has 7 nitrogen and oxygen atoms in total. The molecule has 4 rings (SSSR count). The zero-order valence-corrected chi connectivity index (χ0v) is 21.1. The van der Waals surface area contributed by atoms with Crippen LogP contribution in [0.15, 0.2) is 53.7 Å². The number of carbonyl (C=O) groups excluding carboxylic acids is 2. The average Bonchev–Trinajstić information content (AvgIpc) is 3.33. The Hall–Kier alpha value is -3.46. The van der Waals surface area contributed by atoms with Gasteiger partial charge in [-0.1, -0.05) is 25.1 Å². The molecule has 2 atom stereocenters. The maximum absolute atomic E-state index is 15.0. The molecule has 0 radical (unpaired) electrons. The summed E-state index contributed by atoms with van der Waals surface area (Å²) in [4.78, 5) is 30.1. The van der Waals surface area contributed by atoms with Gasteiger partial charge >= 0.3 is 6.09 Å². The second-order valence-electron chi connectivity index (χ2n) is 8.96. The highest BCUT2D eigenvalue weighted by Crippen LogP contribution is 2.40. The van der Waals surface area contributed by atoms with Crippen molar-refractivity contribution in [2.45, 2.75) is 46.3 Å². The molecule has 192 valence electrons. The van der Waals surface area contributed by atoms with Crippen LogP contribution in [0, 0.1) is 13.8 Å². The van der Waals surface area contributed by atoms with Gasteiger partial charge in [0.25, 0.3) is 5.91 Å². The number of alkyl halides is 2. The first-order valence-corrected chi connectivity index (χ1v) is 12.2. The van der Waals surface area contributed by atoms with Crippen LogP contribution in [0.5, 0.6) is 0 Å². The second-order valence-corrected chi connectivity index (χ2v) is 8.96. The third kappa shape index (κ3) is 4.55. The van der Waals surface area contributed by atoms with E-state index in [1.54, 1.807) is 41.0 Å². The smallest absolute Gasteiger partial charge is 0.414 e. The number of allylic oxidation sites excluding steroid dienone is 1. The fraction of sp³-hybridized carbons (Fsp3) is 0.407. The minimum absolute atomic E-state index is 0.0278. The maximum Gasteiger partial charge on any atom is 0.414 e. The Balaban J connectivity index is 1.82. The Morgan fingerprint density at radius 2 is 1.78 bits per heavy atom. The van der Waals surface area contributed by atoms with Crippen molar-refractivity contribution in [3.05, 3.63) is 64.9 Å². The molecule has 0 saturated carbocycles. The number of hydrogen-bond donors (Lipinski definition) is 1. The number of anilines is 3. The van der Waals surface area contributed by atoms with Crippen LogP contribution in [0.4, 0.5) is 30.6 Å². The first-order chi connectivity index (χ1) is 17.3. The molecule has 0 fully saturated rings. The lowest BCUT2D eigenvalue weighted by Crippen LogP contribution is -2.53. The van der Waals surface area contributed by atoms with E-state index in [4.69, 9.17) is 4.74 Å². The van der Waals surface area contributed by atoms with Crippen LogP contribution >= 0.6 is 0 Å². The second kappa shape index (κ2) is 10.7. The van der Waals surface area contributed by atoms with Crippen LogP contribution in [0.2, 0.25) is 0 Å². The number of rotatable bonds is 6. The fourth-order valence-electron chi connectivity index (χ4n) is 4.75. The number of hydrogen-bond acceptors (Lipinski definition) is 5. The normalized spacial score (nSPS) is 18.4. The minimum atomic E-state index is -1.97. The van der Waals surface area contributed by atoms with Crippen molar-refractivity contribution in [3.8, 4) is 0 Å². The van der Waals surface area contributed by atoms with Crippen molar-refractivity contribution in [1.29, 1.82) is 0 Å². The number of amides is 2. The minimum Gasteiger partial charge on any atom is -0.449 e. The summed E-state index contributed by atoms with van der Waals surface area (Å²) in [5, 5.41) is 1.45. The van der Waals surface area contributed by atoms with Crippen LogP contribution in [0.3, 0.4) is 0 Å². The van der Waals surface area contributed by atoms with E-state index in [0.29, 0.717) is 23.5 Å². The molecule has 0 saturated heterocycles. The van der Waals surface area contributed by atoms with Crippen LogP contribution in [0.1, 0.15) is 31.4 Å². The molecule has 2 aromatic rings. The summed E-state index contributed by atoms with van der Waals surface area (Å²) >= 11 is 0. The SMILES string of the molecule is CCOC(=O)N1c2cc(C)c(C)cc2N(C(=O)C2=C(C(F)CF)N(c3ccccc3)NC2)CC1CC. The predicted octanol–water partition coefficient (Wildman–Crippen LogP) is 4.98. The molecule has 36 heavy (non-hydrogen) atoms. The summed E-state index contributed by atoms with van der Waals surface area (Å²) in [5.41, 5.74) is 6.80. The molecule has 2 amide bonds. The summed E-state index contributed by atoms with van der Waals surface area (Å²) in [6, 6.07) is 12.3. The molecule has 2 unspecified atom stereocenters. The highest BCUT2D eigenvalue weighted by Gasteiger charge is 2.41. The Kier molecular flexibility index (Phi) is 7.59. The number of aryl methyl sites for hydroxylation is 2. The molecule has 1 N–H and O–H groups in total. The highest BCUT2D eigenvalue weighted by atomic mass is 19.2. The van der Waals surface area contributed by atoms with Gasteiger partial charge < -0.3 is 9.64 Å². The van der Waals surface area contributed by atoms with Crippen molar-refractivity contribution >= 4 is 29.1 Å². The first kappa shape index (κ1) is 25.6. The lowest BCUT2D eigenvalue weighted by atomic mass is 9.99. The number of carbonyl (C=O) groups is 2. The summed E-state index contributed by atoms with van der Waals surface area (Å²) in [7, 11) is 0. The third-order valence-electron chi connectivity index (χ3n) is 6.75. The number of fused-ring (bicyclic) bond motifs is 1. The number of halogens is 2. The molecule has 2 aliphatic heterocycles. The summed E-state index contributed by atoms with van der Waals surface area (Å²) in [6.45, 7) is 6.79. The van der Waals surface area contributed by atoms with Crippen LogP contribution in [-0.4, -0.2) is 50.6 Å². The van der Waals surface area contributed by atoms with E-state index in [2.05, 4.69) is 5.43 Å². The quantitative estimate of drug-likeness (QED) is 0.609. The van der Waals surface area contributed by atoms with Crippen molar-refractivity contribution < 1.29 is 23.1 Å². The van der Waals surface area contributed by atoms with E-state index < -0.39 is 24.8 Å². The van der Waals surface area contributed by atoms with Gasteiger partial charge in [-0.25, -0.2) is 19.0 Å². The molecule has 0 spiro atoms. The lowest BCUT2D eigenvalue weighted by molar-refractivity contribution is -0.115. The molecule has 0 aliphatic carbocycles. The molecular weight excluding hydrogens is 466 g/mol. The van der Waals surface area contributed by atoms with Gasteiger partial charge in [0.2, 0.25) is 0 Å². The summed E-state index contributed by atoms with van der Waals surface area (Å²) in [6.07, 6.45) is -1.87. The van der Waals surface area contributed by atoms with Gasteiger partial charge in [-0.2, -0.15) is 0 Å². The van der Waals surface area contributed by atoms with Gasteiger partial charge in [-0.15, -0.1) is 0 Å². The first-order valence-electron chi connectivity index (χ1n) is 12.2. The van der Waals surface area contributed by atoms with Gasteiger partial charge in [0.05, 0.1) is 41.0 Å². The van der Waals surface area contributed by atoms with E-state index in [1.165, 1.54) is 5.01 Å². The Bertz CT molecular complexity index is 1170. The number of ether oxygens (including phenoxy) is 1. The number of nitrogens with zero attached hydrogens (tertiary/aromatic N) is 3. The summed E-state index contributed by atoms with van der Waals surface area (Å²) in [5.74, 6) is -0.418. The van der Waals surface area contributed by atoms with E-state index >= 15 is 4.39 Å². The maximum atomic E-state index is 15.0. The third-order valence-corrected chi connectivity index (χ3v) is 6.75. The lowest BCUT2D eigenvalue weighted by Gasteiger charge is -2.42. The predicted molar refractivity (Wildman–Crippen MR) is 137 cm³/mol. The van der Waals surface area contributed by atoms with Gasteiger partial charge in [-0.05, 0) is 62.6 Å². The number of para-hydroxylation sites is 1. The molecule has 9 heteroatoms. The number of nitrogens with one attached hydrogen (secondary N) is 1. The zero-order chi connectivity index (χ0) is 26.0. The summed E-state index contributed by atoms with van der Waals surface area (Å²) < 4.78 is 34.0. The van der Waals surface area contributed by atoms with E-state index in [9.17, 15) is 14.0 Å². The van der Waals surface area contributed by atoms with E-state index in [0.717, 1.165) is 11.1 Å². The van der Waals surface area contributed by atoms with Gasteiger partial charge in [0.15, 0.2) is 6.17 Å². The molecule has 0 aromatic heterocycles. The fourth-order valence-corrected chi connectivity index (χ4v) is 4.75. The van der Waals surface area contributed by atoms with Gasteiger partial charge in [0, 0.05) is 13.1 Å². The highest BCUT2D eigenvalue weighted by molar-refractivity contribution is 6.11. The zero-order valence-electron chi connectivity index (χ0n) is 21.1. The molecule has 2 aromatic carbocycles. The van der Waals surface area contributed by atoms with Crippen LogP contribution in [0.25, 0.3) is 0 Å². The van der Waals surface area contributed by atoms with Crippen molar-refractivity contribution in [1.82, 2.24) is 5.43 Å². The van der Waals surface area contributed by atoms with Gasteiger partial charge in [0.1, 0.15) is 6.67 Å². The molecule has 2 heterocycles. The molecular formula is C27H32F2N4O3. The van der Waals surface area contributed by atoms with Crippen molar-refractivity contribution in [2.75, 3.05) is 41.2 Å². The molecule has 2 aliphatic rings. The largest absolute Gasteiger partial charge is 0.449 e. The van der Waals surface area contributed by atoms with Crippen molar-refractivity contribution in [2.24, 2.45) is 0 Å². The average molecular weight is 499 g/mol. The van der Waals surface area contributed by atoms with E-state index in [-0.39, 0.29) is 37.0 Å². The molecule has 0 bridgehead atoms. The van der Waals surface area contributed by atoms with Crippen molar-refractivity contribution in [3.63, 3.8) is 0 Å². The topological polar surface area (TPSA) is 65.1 Å². The van der Waals surface area contributed by atoms with Crippen LogP contribution < -0.4 is 20.2 Å². The number of benzene rings is 2. The Morgan fingerprint density at radius 3 is 2.39 bits per heavy atom. The van der Waals surface area contributed by atoms with Crippen LogP contribution in [-0.2, 0) is 9.53 Å². The standard InChI is InChI=1S/C27H32F2N4O3/c1-5-19-16-31(23-12-17(3)18(4)13-24(23)32(19)27(35)36-6-2)26(34)21-15-30-33(25(21)22(29)14-28)20-10-8-7-9-11-20/h7-13,19,22,30H,5-6,14-16H2,1-4H3. The van der Waals surface area contributed by atoms with E-state index in [1.807, 2.05) is 39.0 Å². The Morgan fingerprint density at radius 1 is 1.11 bits per heavy atom. The number of hydrazine groups is 1. The monoisotopic (exact) mass is 498 g/mol. The Labute approximate surface area is 210 Å².